The quantitative estimate of drug-likeness (QED) is 0.792. The van der Waals surface area contributed by atoms with E-state index in [1.165, 1.54) is 25.2 Å². The average Bonchev–Trinajstić information content (AvgIpc) is 2.79. The Morgan fingerprint density at radius 3 is 2.70 bits per heavy atom. The Hall–Kier alpha value is -1.36. The van der Waals surface area contributed by atoms with Crippen LogP contribution in [0, 0.1) is 11.8 Å². The Balaban J connectivity index is 2.69. The van der Waals surface area contributed by atoms with Crippen LogP contribution in [0.1, 0.15) is 24.3 Å². The Labute approximate surface area is 123 Å². The zero-order chi connectivity index (χ0) is 15.4. The van der Waals surface area contributed by atoms with Crippen molar-refractivity contribution in [3.63, 3.8) is 0 Å². The van der Waals surface area contributed by atoms with Crippen molar-refractivity contribution in [2.45, 2.75) is 25.1 Å². The molecule has 1 amide bonds. The van der Waals surface area contributed by atoms with E-state index in [9.17, 15) is 13.2 Å². The van der Waals surface area contributed by atoms with Crippen LogP contribution in [0.4, 0.5) is 0 Å². The molecule has 0 unspecified atom stereocenters. The van der Waals surface area contributed by atoms with Crippen molar-refractivity contribution >= 4 is 27.1 Å². The van der Waals surface area contributed by atoms with Gasteiger partial charge in [-0.3, -0.25) is 4.79 Å². The minimum atomic E-state index is -3.46. The van der Waals surface area contributed by atoms with Gasteiger partial charge in [0.1, 0.15) is 4.75 Å². The van der Waals surface area contributed by atoms with Crippen molar-refractivity contribution in [2.75, 3.05) is 12.8 Å². The van der Waals surface area contributed by atoms with Crippen LogP contribution in [-0.2, 0) is 21.2 Å². The van der Waals surface area contributed by atoms with E-state index in [1.807, 2.05) is 11.4 Å². The van der Waals surface area contributed by atoms with E-state index >= 15 is 0 Å². The summed E-state index contributed by atoms with van der Waals surface area (Å²) >= 11 is 1.45. The molecule has 0 saturated heterocycles. The molecule has 1 rings (SSSR count). The van der Waals surface area contributed by atoms with Crippen LogP contribution in [0.3, 0.4) is 0 Å². The molecule has 20 heavy (non-hydrogen) atoms. The van der Waals surface area contributed by atoms with Gasteiger partial charge in [-0.15, -0.1) is 11.3 Å². The number of nitrogens with two attached hydrogens (primary N) is 1. The first-order valence-electron chi connectivity index (χ1n) is 5.92. The molecule has 1 heterocycles. The lowest BCUT2D eigenvalue weighted by molar-refractivity contribution is -0.123. The molecule has 1 aromatic heterocycles. The number of carbonyl (C=O) groups excluding carboxylic acids is 1. The highest BCUT2D eigenvalue weighted by Gasteiger charge is 2.38. The standard InChI is InChI=1S/C13H18N2O3S2/c1-13(2,20(3,17)18)12(16)15-8-11-7-10(9-19-11)5-4-6-14/h7,9H,6,8,14H2,1-3H3,(H,15,16). The molecule has 0 atom stereocenters. The number of hydrogen-bond acceptors (Lipinski definition) is 5. The molecule has 0 bridgehead atoms. The number of thiophene rings is 1. The summed E-state index contributed by atoms with van der Waals surface area (Å²) in [6.45, 7) is 3.37. The third kappa shape index (κ3) is 4.07. The highest BCUT2D eigenvalue weighted by Crippen LogP contribution is 2.17. The van der Waals surface area contributed by atoms with Crippen LogP contribution < -0.4 is 11.1 Å². The third-order valence-corrected chi connectivity index (χ3v) is 5.86. The maximum absolute atomic E-state index is 11.9. The molecule has 0 aliphatic rings. The molecule has 1 aromatic rings. The first kappa shape index (κ1) is 16.7. The molecule has 0 aliphatic heterocycles. The van der Waals surface area contributed by atoms with Gasteiger partial charge in [-0.05, 0) is 19.9 Å². The lowest BCUT2D eigenvalue weighted by atomic mass is 10.2. The predicted molar refractivity (Wildman–Crippen MR) is 81.0 cm³/mol. The van der Waals surface area contributed by atoms with E-state index in [4.69, 9.17) is 5.73 Å². The summed E-state index contributed by atoms with van der Waals surface area (Å²) in [5, 5.41) is 4.50. The fraction of sp³-hybridized carbons (Fsp3) is 0.462. The maximum atomic E-state index is 11.9. The van der Waals surface area contributed by atoms with Gasteiger partial charge in [0.05, 0.1) is 13.1 Å². The summed E-state index contributed by atoms with van der Waals surface area (Å²) in [6.07, 6.45) is 1.05. The van der Waals surface area contributed by atoms with Crippen LogP contribution in [0.5, 0.6) is 0 Å². The van der Waals surface area contributed by atoms with Gasteiger partial charge in [0.2, 0.25) is 5.91 Å². The summed E-state index contributed by atoms with van der Waals surface area (Å²) in [7, 11) is -3.46. The summed E-state index contributed by atoms with van der Waals surface area (Å²) in [5.41, 5.74) is 6.13. The Bertz CT molecular complexity index is 649. The zero-order valence-corrected chi connectivity index (χ0v) is 13.3. The van der Waals surface area contributed by atoms with Gasteiger partial charge >= 0.3 is 0 Å². The molecule has 0 spiro atoms. The van der Waals surface area contributed by atoms with E-state index in [0.717, 1.165) is 16.7 Å². The minimum absolute atomic E-state index is 0.284. The SMILES string of the molecule is CC(C)(C(=O)NCc1cc(C#CCN)cs1)S(C)(=O)=O. The number of carbonyl (C=O) groups is 1. The van der Waals surface area contributed by atoms with Crippen molar-refractivity contribution in [3.05, 3.63) is 21.9 Å². The van der Waals surface area contributed by atoms with Gasteiger partial charge in [-0.2, -0.15) is 0 Å². The van der Waals surface area contributed by atoms with Gasteiger partial charge in [0, 0.05) is 22.1 Å². The molecule has 0 aliphatic carbocycles. The van der Waals surface area contributed by atoms with Gasteiger partial charge in [0.15, 0.2) is 9.84 Å². The minimum Gasteiger partial charge on any atom is -0.350 e. The van der Waals surface area contributed by atoms with Crippen LogP contribution in [0.2, 0.25) is 0 Å². The van der Waals surface area contributed by atoms with E-state index in [0.29, 0.717) is 6.54 Å². The van der Waals surface area contributed by atoms with Gasteiger partial charge in [-0.25, -0.2) is 8.42 Å². The summed E-state index contributed by atoms with van der Waals surface area (Å²) in [6, 6.07) is 1.85. The van der Waals surface area contributed by atoms with E-state index in [2.05, 4.69) is 17.2 Å². The van der Waals surface area contributed by atoms with Gasteiger partial charge in [-0.1, -0.05) is 11.8 Å². The smallest absolute Gasteiger partial charge is 0.241 e. The first-order chi connectivity index (χ1) is 9.18. The van der Waals surface area contributed by atoms with E-state index < -0.39 is 20.5 Å². The van der Waals surface area contributed by atoms with Crippen LogP contribution in [0.15, 0.2) is 11.4 Å². The molecule has 0 fully saturated rings. The largest absolute Gasteiger partial charge is 0.350 e. The number of sulfone groups is 1. The van der Waals surface area contributed by atoms with Crippen LogP contribution in [-0.4, -0.2) is 31.9 Å². The number of nitrogens with one attached hydrogen (secondary N) is 1. The normalized spacial score (nSPS) is 11.6. The lowest BCUT2D eigenvalue weighted by Crippen LogP contribution is -2.47. The van der Waals surface area contributed by atoms with E-state index in [1.54, 1.807) is 0 Å². The molecule has 0 radical (unpaired) electrons. The second-order valence-corrected chi connectivity index (χ2v) is 8.33. The Morgan fingerprint density at radius 1 is 1.50 bits per heavy atom. The average molecular weight is 314 g/mol. The fourth-order valence-electron chi connectivity index (χ4n) is 1.24. The molecule has 110 valence electrons. The van der Waals surface area contributed by atoms with Crippen molar-refractivity contribution in [3.8, 4) is 11.8 Å². The number of amides is 1. The Morgan fingerprint density at radius 2 is 2.15 bits per heavy atom. The van der Waals surface area contributed by atoms with Crippen LogP contribution >= 0.6 is 11.3 Å². The lowest BCUT2D eigenvalue weighted by Gasteiger charge is -2.21. The summed E-state index contributed by atoms with van der Waals surface area (Å²) in [5.74, 6) is 5.13. The number of rotatable bonds is 4. The third-order valence-electron chi connectivity index (χ3n) is 2.89. The Kier molecular flexibility index (Phi) is 5.34. The summed E-state index contributed by atoms with van der Waals surface area (Å²) < 4.78 is 21.6. The summed E-state index contributed by atoms with van der Waals surface area (Å²) in [4.78, 5) is 12.8. The van der Waals surface area contributed by atoms with Crippen molar-refractivity contribution in [1.82, 2.24) is 5.32 Å². The second kappa shape index (κ2) is 6.39. The van der Waals surface area contributed by atoms with Crippen LogP contribution in [0.25, 0.3) is 0 Å². The molecule has 0 aromatic carbocycles. The van der Waals surface area contributed by atoms with Gasteiger partial charge < -0.3 is 11.1 Å². The molecular formula is C13H18N2O3S2. The highest BCUT2D eigenvalue weighted by molar-refractivity contribution is 7.92. The molecular weight excluding hydrogens is 296 g/mol. The second-order valence-electron chi connectivity index (χ2n) is 4.77. The van der Waals surface area contributed by atoms with Crippen molar-refractivity contribution in [1.29, 1.82) is 0 Å². The number of hydrogen-bond donors (Lipinski definition) is 2. The first-order valence-corrected chi connectivity index (χ1v) is 8.70. The monoisotopic (exact) mass is 314 g/mol. The van der Waals surface area contributed by atoms with Crippen molar-refractivity contribution in [2.24, 2.45) is 5.73 Å². The molecule has 0 saturated carbocycles. The zero-order valence-electron chi connectivity index (χ0n) is 11.7. The van der Waals surface area contributed by atoms with E-state index in [-0.39, 0.29) is 6.54 Å². The van der Waals surface area contributed by atoms with Gasteiger partial charge in [0.25, 0.3) is 0 Å². The molecule has 3 N–H and O–H groups in total. The predicted octanol–water partition coefficient (Wildman–Crippen LogP) is 0.498. The molecule has 7 heteroatoms. The van der Waals surface area contributed by atoms with Crippen molar-refractivity contribution < 1.29 is 13.2 Å². The fourth-order valence-corrected chi connectivity index (χ4v) is 2.41. The topological polar surface area (TPSA) is 89.3 Å². The maximum Gasteiger partial charge on any atom is 0.241 e. The molecule has 5 nitrogen and oxygen atoms in total. The highest BCUT2D eigenvalue weighted by atomic mass is 32.2.